The summed E-state index contributed by atoms with van der Waals surface area (Å²) in [7, 11) is 0. The Morgan fingerprint density at radius 2 is 1.84 bits per heavy atom. The lowest BCUT2D eigenvalue weighted by Gasteiger charge is -2.14. The van der Waals surface area contributed by atoms with E-state index >= 15 is 0 Å². The van der Waals surface area contributed by atoms with E-state index in [0.717, 1.165) is 60.4 Å². The summed E-state index contributed by atoms with van der Waals surface area (Å²) in [4.78, 5) is 17.4. The van der Waals surface area contributed by atoms with Gasteiger partial charge in [0.1, 0.15) is 5.75 Å². The van der Waals surface area contributed by atoms with Crippen LogP contribution in [0.4, 0.5) is 5.69 Å². The third-order valence-electron chi connectivity index (χ3n) is 5.47. The minimum atomic E-state index is -0.185. The van der Waals surface area contributed by atoms with E-state index in [1.807, 2.05) is 76.6 Å². The molecule has 0 atom stereocenters. The number of benzene rings is 2. The Kier molecular flexibility index (Phi) is 5.54. The molecule has 4 rings (SSSR count). The molecule has 6 nitrogen and oxygen atoms in total. The van der Waals surface area contributed by atoms with Crippen molar-refractivity contribution >= 4 is 33.1 Å². The Morgan fingerprint density at radius 1 is 1.06 bits per heavy atom. The first-order valence-corrected chi connectivity index (χ1v) is 11.0. The van der Waals surface area contributed by atoms with Gasteiger partial charge in [-0.1, -0.05) is 23.5 Å². The number of carbonyl (C=O) groups is 1. The third-order valence-corrected chi connectivity index (χ3v) is 6.64. The van der Waals surface area contributed by atoms with Crippen LogP contribution in [-0.4, -0.2) is 27.3 Å². The number of nitrogens with zero attached hydrogens (tertiary/aromatic N) is 3. The Balaban J connectivity index is 1.58. The number of nitrogens with one attached hydrogen (secondary N) is 1. The maximum Gasteiger partial charge on any atom is 0.262 e. The number of hydrogen-bond donors (Lipinski definition) is 1. The van der Waals surface area contributed by atoms with E-state index in [2.05, 4.69) is 10.4 Å². The SMILES string of the molecule is Cc1cc(C)n(-c2nc3cc(C)c(NC(=O)COc4cccc(C)c4C)c(C)c3s2)n1. The molecule has 0 aliphatic heterocycles. The molecule has 4 aromatic rings. The van der Waals surface area contributed by atoms with Crippen molar-refractivity contribution in [1.82, 2.24) is 14.8 Å². The number of fused-ring (bicyclic) bond motifs is 1. The van der Waals surface area contributed by atoms with Crippen LogP contribution in [0.25, 0.3) is 15.3 Å². The molecule has 0 fully saturated rings. The van der Waals surface area contributed by atoms with Crippen LogP contribution >= 0.6 is 11.3 Å². The first-order valence-electron chi connectivity index (χ1n) is 10.2. The standard InChI is InChI=1S/C24H26N4O2S/c1-13-8-7-9-20(17(13)5)30-12-21(29)26-22-14(2)10-19-23(18(22)6)31-24(25-19)28-16(4)11-15(3)27-28/h7-11H,12H2,1-6H3,(H,26,29). The second-order valence-corrected chi connectivity index (χ2v) is 8.89. The first-order chi connectivity index (χ1) is 14.7. The molecule has 1 amide bonds. The van der Waals surface area contributed by atoms with Crippen molar-refractivity contribution in [2.24, 2.45) is 0 Å². The summed E-state index contributed by atoms with van der Waals surface area (Å²) in [5, 5.41) is 8.40. The fraction of sp³-hybridized carbons (Fsp3) is 0.292. The van der Waals surface area contributed by atoms with Crippen molar-refractivity contribution in [3.8, 4) is 10.9 Å². The van der Waals surface area contributed by atoms with Gasteiger partial charge in [0.15, 0.2) is 6.61 Å². The highest BCUT2D eigenvalue weighted by Crippen LogP contribution is 2.34. The molecule has 0 unspecified atom stereocenters. The Hall–Kier alpha value is -3.19. The number of carbonyl (C=O) groups excluding carboxylic acids is 1. The molecule has 31 heavy (non-hydrogen) atoms. The fourth-order valence-electron chi connectivity index (χ4n) is 3.68. The zero-order valence-corrected chi connectivity index (χ0v) is 19.5. The Labute approximate surface area is 185 Å². The summed E-state index contributed by atoms with van der Waals surface area (Å²) in [5.74, 6) is 0.547. The normalized spacial score (nSPS) is 11.2. The summed E-state index contributed by atoms with van der Waals surface area (Å²) < 4.78 is 8.67. The summed E-state index contributed by atoms with van der Waals surface area (Å²) in [6, 6.07) is 9.89. The molecule has 1 N–H and O–H groups in total. The van der Waals surface area contributed by atoms with Crippen LogP contribution in [0.3, 0.4) is 0 Å². The molecule has 0 aliphatic carbocycles. The van der Waals surface area contributed by atoms with Crippen molar-refractivity contribution in [2.75, 3.05) is 11.9 Å². The minimum Gasteiger partial charge on any atom is -0.483 e. The third kappa shape index (κ3) is 4.05. The molecular formula is C24H26N4O2S. The van der Waals surface area contributed by atoms with Gasteiger partial charge in [-0.25, -0.2) is 9.67 Å². The number of ether oxygens (including phenoxy) is 1. The molecule has 0 saturated heterocycles. The number of rotatable bonds is 5. The van der Waals surface area contributed by atoms with Crippen molar-refractivity contribution in [1.29, 1.82) is 0 Å². The van der Waals surface area contributed by atoms with Crippen molar-refractivity contribution in [3.05, 3.63) is 64.0 Å². The maximum absolute atomic E-state index is 12.6. The maximum atomic E-state index is 12.6. The number of hydrogen-bond acceptors (Lipinski definition) is 5. The molecule has 0 saturated carbocycles. The van der Waals surface area contributed by atoms with Gasteiger partial charge in [0.2, 0.25) is 5.13 Å². The molecule has 0 radical (unpaired) electrons. The van der Waals surface area contributed by atoms with Crippen LogP contribution in [0.15, 0.2) is 30.3 Å². The predicted octanol–water partition coefficient (Wildman–Crippen LogP) is 5.35. The largest absolute Gasteiger partial charge is 0.483 e. The van der Waals surface area contributed by atoms with E-state index < -0.39 is 0 Å². The van der Waals surface area contributed by atoms with Crippen LogP contribution in [0.1, 0.15) is 33.6 Å². The fourth-order valence-corrected chi connectivity index (χ4v) is 4.74. The van der Waals surface area contributed by atoms with Gasteiger partial charge in [0.25, 0.3) is 5.91 Å². The average molecular weight is 435 g/mol. The van der Waals surface area contributed by atoms with E-state index in [-0.39, 0.29) is 12.5 Å². The van der Waals surface area contributed by atoms with E-state index in [1.54, 1.807) is 11.3 Å². The molecule has 0 spiro atoms. The smallest absolute Gasteiger partial charge is 0.262 e. The molecule has 160 valence electrons. The first kappa shape index (κ1) is 21.1. The van der Waals surface area contributed by atoms with E-state index in [0.29, 0.717) is 0 Å². The van der Waals surface area contributed by atoms with Gasteiger partial charge in [0, 0.05) is 11.4 Å². The van der Waals surface area contributed by atoms with Gasteiger partial charge in [-0.15, -0.1) is 0 Å². The van der Waals surface area contributed by atoms with Crippen molar-refractivity contribution in [3.63, 3.8) is 0 Å². The molecule has 7 heteroatoms. The van der Waals surface area contributed by atoms with Gasteiger partial charge < -0.3 is 10.1 Å². The second-order valence-electron chi connectivity index (χ2n) is 7.91. The lowest BCUT2D eigenvalue weighted by atomic mass is 10.1. The molecular weight excluding hydrogens is 408 g/mol. The van der Waals surface area contributed by atoms with Crippen LogP contribution < -0.4 is 10.1 Å². The van der Waals surface area contributed by atoms with Crippen LogP contribution in [0.2, 0.25) is 0 Å². The van der Waals surface area contributed by atoms with Crippen LogP contribution in [-0.2, 0) is 4.79 Å². The summed E-state index contributed by atoms with van der Waals surface area (Å²) in [5.41, 5.74) is 7.88. The van der Waals surface area contributed by atoms with Crippen molar-refractivity contribution in [2.45, 2.75) is 41.5 Å². The number of aryl methyl sites for hydroxylation is 5. The van der Waals surface area contributed by atoms with Crippen LogP contribution in [0, 0.1) is 41.5 Å². The average Bonchev–Trinajstić information content (AvgIpc) is 3.28. The number of thiazole rings is 1. The van der Waals surface area contributed by atoms with Gasteiger partial charge in [-0.2, -0.15) is 5.10 Å². The zero-order chi connectivity index (χ0) is 22.3. The van der Waals surface area contributed by atoms with Gasteiger partial charge in [-0.05, 0) is 82.0 Å². The topological polar surface area (TPSA) is 69.0 Å². The lowest BCUT2D eigenvalue weighted by molar-refractivity contribution is -0.118. The highest BCUT2D eigenvalue weighted by molar-refractivity contribution is 7.21. The Bertz CT molecular complexity index is 1300. The number of amides is 1. The van der Waals surface area contributed by atoms with Crippen molar-refractivity contribution < 1.29 is 9.53 Å². The van der Waals surface area contributed by atoms with Gasteiger partial charge in [0.05, 0.1) is 15.9 Å². The quantitative estimate of drug-likeness (QED) is 0.460. The highest BCUT2D eigenvalue weighted by atomic mass is 32.1. The molecule has 2 aromatic carbocycles. The Morgan fingerprint density at radius 3 is 2.55 bits per heavy atom. The van der Waals surface area contributed by atoms with E-state index in [1.165, 1.54) is 0 Å². The van der Waals surface area contributed by atoms with E-state index in [9.17, 15) is 4.79 Å². The van der Waals surface area contributed by atoms with Gasteiger partial charge in [-0.3, -0.25) is 4.79 Å². The molecule has 2 heterocycles. The number of aromatic nitrogens is 3. The van der Waals surface area contributed by atoms with Crippen LogP contribution in [0.5, 0.6) is 5.75 Å². The number of anilines is 1. The monoisotopic (exact) mass is 434 g/mol. The minimum absolute atomic E-state index is 0.0408. The molecule has 0 aliphatic rings. The van der Waals surface area contributed by atoms with E-state index in [4.69, 9.17) is 9.72 Å². The zero-order valence-electron chi connectivity index (χ0n) is 18.7. The molecule has 0 bridgehead atoms. The highest BCUT2D eigenvalue weighted by Gasteiger charge is 2.17. The van der Waals surface area contributed by atoms with Gasteiger partial charge >= 0.3 is 0 Å². The molecule has 2 aromatic heterocycles. The lowest BCUT2D eigenvalue weighted by Crippen LogP contribution is -2.21. The predicted molar refractivity (Wildman–Crippen MR) is 126 cm³/mol. The summed E-state index contributed by atoms with van der Waals surface area (Å²) in [6.45, 7) is 12.0. The second kappa shape index (κ2) is 8.15. The summed E-state index contributed by atoms with van der Waals surface area (Å²) >= 11 is 1.58. The summed E-state index contributed by atoms with van der Waals surface area (Å²) in [6.07, 6.45) is 0.